The highest BCUT2D eigenvalue weighted by Gasteiger charge is 2.22. The van der Waals surface area contributed by atoms with Crippen molar-refractivity contribution in [1.29, 1.82) is 5.26 Å². The van der Waals surface area contributed by atoms with Crippen LogP contribution in [0.5, 0.6) is 0 Å². The predicted molar refractivity (Wildman–Crippen MR) is 77.9 cm³/mol. The lowest BCUT2D eigenvalue weighted by molar-refractivity contribution is -0.137. The van der Waals surface area contributed by atoms with Crippen LogP contribution < -0.4 is 0 Å². The van der Waals surface area contributed by atoms with Crippen molar-refractivity contribution in [2.45, 2.75) is 44.9 Å². The molecule has 110 valence electrons. The van der Waals surface area contributed by atoms with Gasteiger partial charge in [-0.25, -0.2) is 4.79 Å². The fourth-order valence-electron chi connectivity index (χ4n) is 2.88. The molecular formula is C17H19NO3. The fourth-order valence-corrected chi connectivity index (χ4v) is 2.88. The van der Waals surface area contributed by atoms with Crippen LogP contribution in [-0.2, 0) is 9.53 Å². The molecule has 0 radical (unpaired) electrons. The van der Waals surface area contributed by atoms with Crippen LogP contribution in [0.1, 0.15) is 66.4 Å². The van der Waals surface area contributed by atoms with Gasteiger partial charge >= 0.3 is 5.97 Å². The first-order chi connectivity index (χ1) is 10.2. The Bertz CT molecular complexity index is 580. The molecule has 1 aliphatic rings. The molecule has 1 aromatic carbocycles. The first-order valence-electron chi connectivity index (χ1n) is 7.42. The van der Waals surface area contributed by atoms with E-state index in [2.05, 4.69) is 6.07 Å². The second-order valence-electron chi connectivity index (χ2n) is 5.30. The van der Waals surface area contributed by atoms with E-state index in [1.165, 1.54) is 25.3 Å². The molecule has 0 heterocycles. The minimum absolute atomic E-state index is 0.163. The van der Waals surface area contributed by atoms with Crippen LogP contribution >= 0.6 is 0 Å². The van der Waals surface area contributed by atoms with Gasteiger partial charge in [-0.1, -0.05) is 31.4 Å². The zero-order chi connectivity index (χ0) is 15.2. The van der Waals surface area contributed by atoms with Crippen molar-refractivity contribution in [2.24, 2.45) is 0 Å². The first-order valence-corrected chi connectivity index (χ1v) is 7.42. The number of rotatable bonds is 4. The maximum atomic E-state index is 11.9. The lowest BCUT2D eigenvalue weighted by atomic mass is 9.82. The maximum absolute atomic E-state index is 11.9. The van der Waals surface area contributed by atoms with Crippen LogP contribution in [0.25, 0.3) is 0 Å². The van der Waals surface area contributed by atoms with Gasteiger partial charge in [-0.05, 0) is 37.3 Å². The molecule has 0 unspecified atom stereocenters. The molecule has 0 bridgehead atoms. The molecule has 2 rings (SSSR count). The standard InChI is InChI=1S/C17H19NO3/c1-2-21-17(20)16(19)13-8-9-15(14(10-13)11-18)12-6-4-3-5-7-12/h8-10,12H,2-7H2,1H3. The number of hydrogen-bond acceptors (Lipinski definition) is 4. The largest absolute Gasteiger partial charge is 0.460 e. The maximum Gasteiger partial charge on any atom is 0.379 e. The van der Waals surface area contributed by atoms with E-state index < -0.39 is 11.8 Å². The summed E-state index contributed by atoms with van der Waals surface area (Å²) in [6.07, 6.45) is 5.77. The summed E-state index contributed by atoms with van der Waals surface area (Å²) in [5, 5.41) is 9.32. The summed E-state index contributed by atoms with van der Waals surface area (Å²) in [7, 11) is 0. The minimum atomic E-state index is -0.869. The molecule has 1 saturated carbocycles. The van der Waals surface area contributed by atoms with E-state index in [0.29, 0.717) is 11.5 Å². The average Bonchev–Trinajstić information content (AvgIpc) is 2.54. The Morgan fingerprint density at radius 3 is 2.62 bits per heavy atom. The van der Waals surface area contributed by atoms with Crippen LogP contribution in [-0.4, -0.2) is 18.4 Å². The molecule has 4 heteroatoms. The van der Waals surface area contributed by atoms with Gasteiger partial charge in [0.1, 0.15) is 0 Å². The summed E-state index contributed by atoms with van der Waals surface area (Å²) in [6, 6.07) is 7.12. The lowest BCUT2D eigenvalue weighted by Crippen LogP contribution is -2.18. The average molecular weight is 285 g/mol. The monoisotopic (exact) mass is 285 g/mol. The third-order valence-electron chi connectivity index (χ3n) is 3.94. The van der Waals surface area contributed by atoms with E-state index >= 15 is 0 Å². The third kappa shape index (κ3) is 3.49. The van der Waals surface area contributed by atoms with Crippen molar-refractivity contribution in [2.75, 3.05) is 6.61 Å². The predicted octanol–water partition coefficient (Wildman–Crippen LogP) is 3.35. The summed E-state index contributed by atoms with van der Waals surface area (Å²) >= 11 is 0. The molecule has 0 aliphatic heterocycles. The van der Waals surface area contributed by atoms with Crippen molar-refractivity contribution in [3.05, 3.63) is 34.9 Å². The highest BCUT2D eigenvalue weighted by molar-refractivity contribution is 6.40. The number of nitriles is 1. The van der Waals surface area contributed by atoms with Crippen LogP contribution in [0.4, 0.5) is 0 Å². The van der Waals surface area contributed by atoms with Crippen molar-refractivity contribution in [3.8, 4) is 6.07 Å². The molecule has 4 nitrogen and oxygen atoms in total. The van der Waals surface area contributed by atoms with Crippen LogP contribution in [0, 0.1) is 11.3 Å². The number of benzene rings is 1. The van der Waals surface area contributed by atoms with Gasteiger partial charge in [-0.2, -0.15) is 5.26 Å². The summed E-state index contributed by atoms with van der Waals surface area (Å²) < 4.78 is 4.71. The zero-order valence-corrected chi connectivity index (χ0v) is 12.2. The van der Waals surface area contributed by atoms with Crippen molar-refractivity contribution < 1.29 is 14.3 Å². The molecule has 0 amide bonds. The van der Waals surface area contributed by atoms with E-state index in [4.69, 9.17) is 4.74 Å². The number of hydrogen-bond donors (Lipinski definition) is 0. The second-order valence-corrected chi connectivity index (χ2v) is 5.30. The number of ketones is 1. The molecule has 0 aromatic heterocycles. The van der Waals surface area contributed by atoms with E-state index in [0.717, 1.165) is 18.4 Å². The Hall–Kier alpha value is -2.15. The second kappa shape index (κ2) is 7.03. The van der Waals surface area contributed by atoms with Gasteiger partial charge in [-0.3, -0.25) is 4.79 Å². The molecule has 0 saturated heterocycles. The molecule has 1 aromatic rings. The van der Waals surface area contributed by atoms with E-state index in [9.17, 15) is 14.9 Å². The summed E-state index contributed by atoms with van der Waals surface area (Å²) in [6.45, 7) is 1.81. The van der Waals surface area contributed by atoms with E-state index in [-0.39, 0.29) is 12.2 Å². The number of carbonyl (C=O) groups excluding carboxylic acids is 2. The van der Waals surface area contributed by atoms with Gasteiger partial charge in [0.15, 0.2) is 0 Å². The zero-order valence-electron chi connectivity index (χ0n) is 12.2. The summed E-state index contributed by atoms with van der Waals surface area (Å²) in [5.41, 5.74) is 1.72. The Balaban J connectivity index is 2.26. The van der Waals surface area contributed by atoms with Crippen LogP contribution in [0.2, 0.25) is 0 Å². The Labute approximate surface area is 124 Å². The summed E-state index contributed by atoms with van der Waals surface area (Å²) in [4.78, 5) is 23.4. The first kappa shape index (κ1) is 15.2. The molecule has 1 fully saturated rings. The number of carbonyl (C=O) groups is 2. The minimum Gasteiger partial charge on any atom is -0.460 e. The number of esters is 1. The smallest absolute Gasteiger partial charge is 0.379 e. The van der Waals surface area contributed by atoms with Crippen molar-refractivity contribution in [1.82, 2.24) is 0 Å². The molecule has 0 spiro atoms. The van der Waals surface area contributed by atoms with Gasteiger partial charge in [-0.15, -0.1) is 0 Å². The van der Waals surface area contributed by atoms with Crippen LogP contribution in [0.15, 0.2) is 18.2 Å². The molecule has 21 heavy (non-hydrogen) atoms. The number of ether oxygens (including phenoxy) is 1. The highest BCUT2D eigenvalue weighted by Crippen LogP contribution is 2.34. The van der Waals surface area contributed by atoms with Gasteiger partial charge in [0.25, 0.3) is 5.78 Å². The Morgan fingerprint density at radius 2 is 2.00 bits per heavy atom. The Kier molecular flexibility index (Phi) is 5.10. The van der Waals surface area contributed by atoms with Gasteiger partial charge < -0.3 is 4.74 Å². The number of Topliss-reactive ketones (excluding diaryl/α,β-unsaturated/α-hetero) is 1. The Morgan fingerprint density at radius 1 is 1.29 bits per heavy atom. The van der Waals surface area contributed by atoms with Crippen molar-refractivity contribution >= 4 is 11.8 Å². The van der Waals surface area contributed by atoms with Crippen molar-refractivity contribution in [3.63, 3.8) is 0 Å². The normalized spacial score (nSPS) is 15.2. The molecule has 1 aliphatic carbocycles. The molecule has 0 N–H and O–H groups in total. The van der Waals surface area contributed by atoms with Gasteiger partial charge in [0.05, 0.1) is 18.2 Å². The third-order valence-corrected chi connectivity index (χ3v) is 3.94. The quantitative estimate of drug-likeness (QED) is 0.483. The van der Waals surface area contributed by atoms with E-state index in [1.807, 2.05) is 6.07 Å². The fraction of sp³-hybridized carbons (Fsp3) is 0.471. The summed E-state index contributed by atoms with van der Waals surface area (Å²) in [5.74, 6) is -1.17. The molecule has 0 atom stereocenters. The highest BCUT2D eigenvalue weighted by atomic mass is 16.5. The topological polar surface area (TPSA) is 67.2 Å². The molecular weight excluding hydrogens is 266 g/mol. The van der Waals surface area contributed by atoms with Crippen LogP contribution in [0.3, 0.4) is 0 Å². The van der Waals surface area contributed by atoms with Gasteiger partial charge in [0.2, 0.25) is 0 Å². The lowest BCUT2D eigenvalue weighted by Gasteiger charge is -2.23. The SMILES string of the molecule is CCOC(=O)C(=O)c1ccc(C2CCCCC2)c(C#N)c1. The van der Waals surface area contributed by atoms with Gasteiger partial charge in [0, 0.05) is 5.56 Å². The van der Waals surface area contributed by atoms with E-state index in [1.54, 1.807) is 13.0 Å². The number of nitrogens with zero attached hydrogens (tertiary/aromatic N) is 1.